The minimum atomic E-state index is 0.817. The summed E-state index contributed by atoms with van der Waals surface area (Å²) in [6.07, 6.45) is 0. The molecule has 11 rings (SSSR count). The summed E-state index contributed by atoms with van der Waals surface area (Å²) in [7, 11) is 0. The van der Waals surface area contributed by atoms with E-state index in [1.165, 1.54) is 43.8 Å². The number of para-hydroxylation sites is 4. The van der Waals surface area contributed by atoms with Crippen LogP contribution in [0.3, 0.4) is 0 Å². The van der Waals surface area contributed by atoms with Crippen molar-refractivity contribution in [2.75, 3.05) is 0 Å². The van der Waals surface area contributed by atoms with E-state index in [2.05, 4.69) is 173 Å². The summed E-state index contributed by atoms with van der Waals surface area (Å²) in [4.78, 5) is 10.6. The summed E-state index contributed by atoms with van der Waals surface area (Å²) >= 11 is 0. The number of hydrogen-bond donors (Lipinski definition) is 0. The van der Waals surface area contributed by atoms with Crippen molar-refractivity contribution in [1.82, 2.24) is 19.1 Å². The van der Waals surface area contributed by atoms with Gasteiger partial charge < -0.3 is 4.57 Å². The van der Waals surface area contributed by atoms with E-state index in [-0.39, 0.29) is 0 Å². The lowest BCUT2D eigenvalue weighted by Crippen LogP contribution is -2.03. The Hall–Kier alpha value is -7.30. The van der Waals surface area contributed by atoms with Crippen LogP contribution in [0.5, 0.6) is 0 Å². The van der Waals surface area contributed by atoms with Crippen molar-refractivity contribution in [3.05, 3.63) is 194 Å². The number of hydrogen-bond acceptors (Lipinski definition) is 2. The summed E-state index contributed by atoms with van der Waals surface area (Å²) in [6.45, 7) is 0. The molecule has 11 aromatic rings. The van der Waals surface area contributed by atoms with Gasteiger partial charge in [-0.15, -0.1) is 0 Å². The predicted molar refractivity (Wildman–Crippen MR) is 225 cm³/mol. The zero-order chi connectivity index (χ0) is 35.6. The Bertz CT molecular complexity index is 3140. The number of rotatable bonds is 5. The smallest absolute Gasteiger partial charge is 0.165 e. The van der Waals surface area contributed by atoms with Gasteiger partial charge in [-0.3, -0.25) is 4.57 Å². The summed E-state index contributed by atoms with van der Waals surface area (Å²) in [6, 6.07) is 69.0. The molecule has 0 N–H and O–H groups in total. The van der Waals surface area contributed by atoms with E-state index < -0.39 is 0 Å². The molecule has 8 aromatic carbocycles. The minimum absolute atomic E-state index is 0.817. The van der Waals surface area contributed by atoms with E-state index in [9.17, 15) is 0 Å². The molecule has 4 nitrogen and oxygen atoms in total. The molecule has 0 amide bonds. The van der Waals surface area contributed by atoms with Crippen LogP contribution in [0.2, 0.25) is 0 Å². The van der Waals surface area contributed by atoms with Gasteiger partial charge in [0, 0.05) is 32.8 Å². The predicted octanol–water partition coefficient (Wildman–Crippen LogP) is 12.8. The van der Waals surface area contributed by atoms with Crippen molar-refractivity contribution in [1.29, 1.82) is 0 Å². The van der Waals surface area contributed by atoms with E-state index in [1.807, 2.05) is 30.3 Å². The maximum absolute atomic E-state index is 5.36. The van der Waals surface area contributed by atoms with E-state index in [4.69, 9.17) is 9.97 Å². The average Bonchev–Trinajstić information content (AvgIpc) is 3.77. The Morgan fingerprint density at radius 1 is 0.315 bits per heavy atom. The highest BCUT2D eigenvalue weighted by Crippen LogP contribution is 2.44. The molecule has 0 bridgehead atoms. The Morgan fingerprint density at radius 2 is 0.759 bits per heavy atom. The summed E-state index contributed by atoms with van der Waals surface area (Å²) in [5.41, 5.74) is 14.0. The SMILES string of the molecule is c1ccc(-c2cc(-c3ccccc3)cc(-n3c4ccccc4c4c5c6ccccc6n(-c6nc7ccccc7nc6-c6ccccc6)c5ccc43)c2)cc1. The van der Waals surface area contributed by atoms with Crippen molar-refractivity contribution in [3.8, 4) is 45.0 Å². The fraction of sp³-hybridized carbons (Fsp3) is 0. The van der Waals surface area contributed by atoms with Gasteiger partial charge in [-0.1, -0.05) is 140 Å². The molecule has 0 aliphatic carbocycles. The zero-order valence-electron chi connectivity index (χ0n) is 29.3. The zero-order valence-corrected chi connectivity index (χ0v) is 29.3. The van der Waals surface area contributed by atoms with Gasteiger partial charge in [-0.2, -0.15) is 0 Å². The van der Waals surface area contributed by atoms with Gasteiger partial charge in [0.2, 0.25) is 0 Å². The van der Waals surface area contributed by atoms with Crippen molar-refractivity contribution < 1.29 is 0 Å². The number of aromatic nitrogens is 4. The van der Waals surface area contributed by atoms with Gasteiger partial charge >= 0.3 is 0 Å². The third-order valence-electron chi connectivity index (χ3n) is 10.7. The second kappa shape index (κ2) is 12.1. The molecule has 252 valence electrons. The molecule has 0 saturated heterocycles. The lowest BCUT2D eigenvalue weighted by Gasteiger charge is -2.15. The molecule has 0 saturated carbocycles. The fourth-order valence-electron chi connectivity index (χ4n) is 8.30. The topological polar surface area (TPSA) is 35.6 Å². The van der Waals surface area contributed by atoms with Crippen LogP contribution in [-0.2, 0) is 0 Å². The second-order valence-electron chi connectivity index (χ2n) is 13.8. The van der Waals surface area contributed by atoms with Gasteiger partial charge in [0.15, 0.2) is 5.82 Å². The molecule has 0 spiro atoms. The summed E-state index contributed by atoms with van der Waals surface area (Å²) < 4.78 is 4.77. The molecular weight excluding hydrogens is 657 g/mol. The first kappa shape index (κ1) is 30.3. The Labute approximate surface area is 311 Å². The molecule has 0 aliphatic heterocycles. The molecular formula is C50H32N4. The molecule has 0 unspecified atom stereocenters. The Morgan fingerprint density at radius 3 is 1.33 bits per heavy atom. The number of nitrogens with zero attached hydrogens (tertiary/aromatic N) is 4. The molecule has 0 aliphatic rings. The fourth-order valence-corrected chi connectivity index (χ4v) is 8.30. The van der Waals surface area contributed by atoms with E-state index in [1.54, 1.807) is 0 Å². The first-order valence-corrected chi connectivity index (χ1v) is 18.3. The number of fused-ring (bicyclic) bond motifs is 8. The highest BCUT2D eigenvalue weighted by atomic mass is 15.1. The first-order chi connectivity index (χ1) is 26.8. The van der Waals surface area contributed by atoms with Gasteiger partial charge in [0.1, 0.15) is 5.69 Å². The van der Waals surface area contributed by atoms with Gasteiger partial charge in [0.05, 0.1) is 33.1 Å². The minimum Gasteiger partial charge on any atom is -0.309 e. The van der Waals surface area contributed by atoms with Crippen molar-refractivity contribution in [2.45, 2.75) is 0 Å². The molecule has 0 fully saturated rings. The van der Waals surface area contributed by atoms with E-state index in [0.29, 0.717) is 0 Å². The van der Waals surface area contributed by atoms with Crippen LogP contribution >= 0.6 is 0 Å². The standard InChI is InChI=1S/C50H32N4/c1-4-16-33(17-5-1)36-30-37(34-18-6-2-7-19-34)32-38(31-36)53-43-26-14-10-22-39(43)47-45(53)28-29-46-48(47)40-23-11-15-27-44(40)54(46)50-49(35-20-8-3-9-21-35)51-41-24-12-13-25-42(41)52-50/h1-32H. The molecule has 0 radical (unpaired) electrons. The average molecular weight is 689 g/mol. The second-order valence-corrected chi connectivity index (χ2v) is 13.8. The highest BCUT2D eigenvalue weighted by molar-refractivity contribution is 6.29. The van der Waals surface area contributed by atoms with Crippen LogP contribution in [0.1, 0.15) is 0 Å². The molecule has 0 atom stereocenters. The van der Waals surface area contributed by atoms with Gasteiger partial charge in [0.25, 0.3) is 0 Å². The highest BCUT2D eigenvalue weighted by Gasteiger charge is 2.23. The lowest BCUT2D eigenvalue weighted by molar-refractivity contribution is 1.08. The first-order valence-electron chi connectivity index (χ1n) is 18.3. The molecule has 4 heteroatoms. The Balaban J connectivity index is 1.25. The van der Waals surface area contributed by atoms with Crippen molar-refractivity contribution in [3.63, 3.8) is 0 Å². The normalized spacial score (nSPS) is 11.7. The maximum Gasteiger partial charge on any atom is 0.165 e. The Kier molecular flexibility index (Phi) is 6.82. The third-order valence-corrected chi connectivity index (χ3v) is 10.7. The lowest BCUT2D eigenvalue weighted by atomic mass is 9.98. The van der Waals surface area contributed by atoms with Crippen LogP contribution in [0.15, 0.2) is 194 Å². The monoisotopic (exact) mass is 688 g/mol. The van der Waals surface area contributed by atoms with Crippen LogP contribution in [0, 0.1) is 0 Å². The summed E-state index contributed by atoms with van der Waals surface area (Å²) in [5, 5.41) is 4.81. The quantitative estimate of drug-likeness (QED) is 0.180. The van der Waals surface area contributed by atoms with Crippen LogP contribution in [0.4, 0.5) is 0 Å². The maximum atomic E-state index is 5.36. The molecule has 3 aromatic heterocycles. The van der Waals surface area contributed by atoms with E-state index in [0.717, 1.165) is 55.9 Å². The molecule has 54 heavy (non-hydrogen) atoms. The van der Waals surface area contributed by atoms with Crippen LogP contribution in [-0.4, -0.2) is 19.1 Å². The van der Waals surface area contributed by atoms with Crippen LogP contribution < -0.4 is 0 Å². The van der Waals surface area contributed by atoms with Gasteiger partial charge in [-0.05, 0) is 76.9 Å². The van der Waals surface area contributed by atoms with Gasteiger partial charge in [-0.25, -0.2) is 9.97 Å². The third kappa shape index (κ3) is 4.70. The van der Waals surface area contributed by atoms with Crippen LogP contribution in [0.25, 0.3) is 99.7 Å². The summed E-state index contributed by atoms with van der Waals surface area (Å²) in [5.74, 6) is 0.817. The van der Waals surface area contributed by atoms with Crippen molar-refractivity contribution in [2.24, 2.45) is 0 Å². The van der Waals surface area contributed by atoms with E-state index >= 15 is 0 Å². The largest absolute Gasteiger partial charge is 0.309 e. The molecule has 3 heterocycles. The number of benzene rings is 8. The van der Waals surface area contributed by atoms with Crippen molar-refractivity contribution >= 4 is 54.6 Å².